The fourth-order valence-electron chi connectivity index (χ4n) is 4.42. The third kappa shape index (κ3) is 5.39. The van der Waals surface area contributed by atoms with Crippen LogP contribution >= 0.6 is 0 Å². The van der Waals surface area contributed by atoms with Gasteiger partial charge in [0, 0.05) is 37.4 Å². The Morgan fingerprint density at radius 1 is 1.15 bits per heavy atom. The molecule has 8 heteroatoms. The highest BCUT2D eigenvalue weighted by atomic mass is 16.1. The van der Waals surface area contributed by atoms with Gasteiger partial charge in [-0.15, -0.1) is 0 Å². The molecule has 4 N–H and O–H groups in total. The lowest BCUT2D eigenvalue weighted by Gasteiger charge is -2.30. The molecule has 0 radical (unpaired) electrons. The number of aromatic nitrogens is 3. The average Bonchev–Trinajstić information content (AvgIpc) is 2.83. The van der Waals surface area contributed by atoms with Crippen molar-refractivity contribution in [2.75, 3.05) is 12.4 Å². The first-order valence-electron chi connectivity index (χ1n) is 11.7. The van der Waals surface area contributed by atoms with E-state index in [2.05, 4.69) is 30.9 Å². The summed E-state index contributed by atoms with van der Waals surface area (Å²) in [6.45, 7) is 4.63. The Labute approximate surface area is 193 Å². The number of H-pyrrole nitrogens is 1. The highest BCUT2D eigenvalue weighted by Gasteiger charge is 2.21. The van der Waals surface area contributed by atoms with Crippen molar-refractivity contribution in [3.05, 3.63) is 63.3 Å². The lowest BCUT2D eigenvalue weighted by molar-refractivity contribution is 0.0958. The van der Waals surface area contributed by atoms with Crippen LogP contribution in [0.1, 0.15) is 59.9 Å². The SMILES string of the molecule is CCc1cc2ncc(CNC3CCC(Nc4ccc(C(=O)NC)nc4C)CC3)cc2[nH]c1=O. The molecule has 8 nitrogen and oxygen atoms in total. The van der Waals surface area contributed by atoms with Crippen LogP contribution in [-0.4, -0.2) is 40.0 Å². The summed E-state index contributed by atoms with van der Waals surface area (Å²) in [5.74, 6) is -0.171. The molecule has 0 aromatic carbocycles. The van der Waals surface area contributed by atoms with Crippen molar-refractivity contribution in [3.63, 3.8) is 0 Å². The first kappa shape index (κ1) is 22.9. The molecule has 0 aliphatic heterocycles. The molecule has 0 unspecified atom stereocenters. The van der Waals surface area contributed by atoms with Crippen LogP contribution < -0.4 is 21.5 Å². The quantitative estimate of drug-likeness (QED) is 0.442. The molecule has 0 atom stereocenters. The Hall–Kier alpha value is -3.26. The first-order chi connectivity index (χ1) is 16.0. The summed E-state index contributed by atoms with van der Waals surface area (Å²) < 4.78 is 0. The van der Waals surface area contributed by atoms with E-state index in [1.54, 1.807) is 13.1 Å². The smallest absolute Gasteiger partial charge is 0.269 e. The van der Waals surface area contributed by atoms with Gasteiger partial charge in [-0.3, -0.25) is 14.6 Å². The van der Waals surface area contributed by atoms with Gasteiger partial charge < -0.3 is 20.9 Å². The number of carbonyl (C=O) groups is 1. The zero-order valence-corrected chi connectivity index (χ0v) is 19.5. The molecule has 1 amide bonds. The van der Waals surface area contributed by atoms with Gasteiger partial charge >= 0.3 is 0 Å². The molecule has 1 saturated carbocycles. The van der Waals surface area contributed by atoms with Gasteiger partial charge in [-0.25, -0.2) is 4.98 Å². The lowest BCUT2D eigenvalue weighted by Crippen LogP contribution is -2.36. The van der Waals surface area contributed by atoms with Gasteiger partial charge in [0.05, 0.1) is 22.4 Å². The Kier molecular flexibility index (Phi) is 7.03. The molecule has 174 valence electrons. The number of amides is 1. The van der Waals surface area contributed by atoms with E-state index in [0.29, 0.717) is 24.2 Å². The van der Waals surface area contributed by atoms with E-state index in [1.807, 2.05) is 38.2 Å². The maximum absolute atomic E-state index is 12.1. The van der Waals surface area contributed by atoms with Crippen LogP contribution in [0.3, 0.4) is 0 Å². The molecule has 1 fully saturated rings. The van der Waals surface area contributed by atoms with E-state index in [0.717, 1.165) is 65.8 Å². The van der Waals surface area contributed by atoms with Crippen molar-refractivity contribution < 1.29 is 4.79 Å². The fourth-order valence-corrected chi connectivity index (χ4v) is 4.42. The van der Waals surface area contributed by atoms with Crippen molar-refractivity contribution in [3.8, 4) is 0 Å². The molecule has 4 rings (SSSR count). The van der Waals surface area contributed by atoms with Gasteiger partial charge in [-0.05, 0) is 68.9 Å². The molecule has 0 saturated heterocycles. The fraction of sp³-hybridized carbons (Fsp3) is 0.440. The van der Waals surface area contributed by atoms with Crippen LogP contribution in [0.2, 0.25) is 0 Å². The number of hydrogen-bond donors (Lipinski definition) is 4. The second-order valence-corrected chi connectivity index (χ2v) is 8.74. The Morgan fingerprint density at radius 3 is 2.61 bits per heavy atom. The number of pyridine rings is 3. The van der Waals surface area contributed by atoms with Crippen LogP contribution in [-0.2, 0) is 13.0 Å². The van der Waals surface area contributed by atoms with Crippen LogP contribution in [0.25, 0.3) is 11.0 Å². The van der Waals surface area contributed by atoms with Gasteiger partial charge in [0.25, 0.3) is 11.5 Å². The minimum absolute atomic E-state index is 0.0311. The normalized spacial score (nSPS) is 18.3. The number of nitrogens with zero attached hydrogens (tertiary/aromatic N) is 2. The first-order valence-corrected chi connectivity index (χ1v) is 11.7. The van der Waals surface area contributed by atoms with Crippen LogP contribution in [0.15, 0.2) is 35.3 Å². The highest BCUT2D eigenvalue weighted by molar-refractivity contribution is 5.92. The summed E-state index contributed by atoms with van der Waals surface area (Å²) in [6.07, 6.45) is 6.88. The summed E-state index contributed by atoms with van der Waals surface area (Å²) in [6, 6.07) is 8.45. The van der Waals surface area contributed by atoms with Crippen LogP contribution in [0, 0.1) is 6.92 Å². The molecule has 1 aliphatic rings. The van der Waals surface area contributed by atoms with Crippen LogP contribution in [0.5, 0.6) is 0 Å². The Balaban J connectivity index is 1.29. The average molecular weight is 449 g/mol. The molecular weight excluding hydrogens is 416 g/mol. The number of rotatable bonds is 7. The van der Waals surface area contributed by atoms with Gasteiger partial charge in [-0.1, -0.05) is 6.92 Å². The van der Waals surface area contributed by atoms with Crippen molar-refractivity contribution in [1.29, 1.82) is 0 Å². The molecule has 0 bridgehead atoms. The maximum atomic E-state index is 12.1. The largest absolute Gasteiger partial charge is 0.381 e. The monoisotopic (exact) mass is 448 g/mol. The van der Waals surface area contributed by atoms with Crippen molar-refractivity contribution in [2.45, 2.75) is 64.6 Å². The zero-order valence-electron chi connectivity index (χ0n) is 19.5. The third-order valence-electron chi connectivity index (χ3n) is 6.43. The Morgan fingerprint density at radius 2 is 1.91 bits per heavy atom. The topological polar surface area (TPSA) is 112 Å². The number of nitrogens with one attached hydrogen (secondary N) is 4. The van der Waals surface area contributed by atoms with Crippen molar-refractivity contribution >= 4 is 22.6 Å². The zero-order chi connectivity index (χ0) is 23.4. The minimum Gasteiger partial charge on any atom is -0.381 e. The van der Waals surface area contributed by atoms with E-state index in [1.165, 1.54) is 0 Å². The van der Waals surface area contributed by atoms with Gasteiger partial charge in [0.15, 0.2) is 0 Å². The number of hydrogen-bond acceptors (Lipinski definition) is 6. The van der Waals surface area contributed by atoms with Crippen molar-refractivity contribution in [1.82, 2.24) is 25.6 Å². The standard InChI is InChI=1S/C25H32N6O2/c1-4-17-12-22-23(31-24(17)32)11-16(14-28-22)13-27-18-5-7-19(8-6-18)30-20-9-10-21(25(33)26-3)29-15(20)2/h9-12,14,18-19,27,30H,4-8,13H2,1-3H3,(H,26,33)(H,31,32). The second-order valence-electron chi connectivity index (χ2n) is 8.74. The predicted octanol–water partition coefficient (Wildman–Crippen LogP) is 3.06. The highest BCUT2D eigenvalue weighted by Crippen LogP contribution is 2.24. The van der Waals surface area contributed by atoms with E-state index in [9.17, 15) is 9.59 Å². The number of fused-ring (bicyclic) bond motifs is 1. The summed E-state index contributed by atoms with van der Waals surface area (Å²) in [7, 11) is 1.61. The summed E-state index contributed by atoms with van der Waals surface area (Å²) in [5.41, 5.74) is 5.68. The molecule has 1 aliphatic carbocycles. The molecule has 3 heterocycles. The van der Waals surface area contributed by atoms with Gasteiger partial charge in [0.1, 0.15) is 5.69 Å². The van der Waals surface area contributed by atoms with E-state index >= 15 is 0 Å². The van der Waals surface area contributed by atoms with E-state index in [-0.39, 0.29) is 11.5 Å². The number of aryl methyl sites for hydroxylation is 2. The Bertz CT molecular complexity index is 1200. The molecule has 33 heavy (non-hydrogen) atoms. The summed E-state index contributed by atoms with van der Waals surface area (Å²) in [5, 5.41) is 9.85. The molecule has 0 spiro atoms. The maximum Gasteiger partial charge on any atom is 0.269 e. The van der Waals surface area contributed by atoms with Crippen LogP contribution in [0.4, 0.5) is 5.69 Å². The lowest BCUT2D eigenvalue weighted by atomic mass is 9.91. The molecule has 3 aromatic heterocycles. The summed E-state index contributed by atoms with van der Waals surface area (Å²) >= 11 is 0. The van der Waals surface area contributed by atoms with Gasteiger partial charge in [-0.2, -0.15) is 0 Å². The number of anilines is 1. The van der Waals surface area contributed by atoms with Gasteiger partial charge in [0.2, 0.25) is 0 Å². The predicted molar refractivity (Wildman–Crippen MR) is 131 cm³/mol. The third-order valence-corrected chi connectivity index (χ3v) is 6.43. The number of aromatic amines is 1. The molecular formula is C25H32N6O2. The summed E-state index contributed by atoms with van der Waals surface area (Å²) in [4.78, 5) is 35.7. The number of carbonyl (C=O) groups excluding carboxylic acids is 1. The minimum atomic E-state index is -0.171. The van der Waals surface area contributed by atoms with E-state index in [4.69, 9.17) is 0 Å². The molecule has 3 aromatic rings. The van der Waals surface area contributed by atoms with Crippen molar-refractivity contribution in [2.24, 2.45) is 0 Å². The second kappa shape index (κ2) is 10.1. The van der Waals surface area contributed by atoms with E-state index < -0.39 is 0 Å².